The van der Waals surface area contributed by atoms with Gasteiger partial charge in [0.2, 0.25) is 0 Å². The van der Waals surface area contributed by atoms with Gasteiger partial charge in [-0.1, -0.05) is 45.0 Å². The van der Waals surface area contributed by atoms with Crippen molar-refractivity contribution in [1.82, 2.24) is 0 Å². The molecule has 1 rings (SSSR count). The Labute approximate surface area is 84.6 Å². The lowest BCUT2D eigenvalue weighted by molar-refractivity contribution is 0.0903. The van der Waals surface area contributed by atoms with Gasteiger partial charge < -0.3 is 5.11 Å². The first-order valence-electron chi connectivity index (χ1n) is 4.70. The van der Waals surface area contributed by atoms with Crippen LogP contribution in [-0.2, 0) is 5.41 Å². The molecule has 0 bridgehead atoms. The van der Waals surface area contributed by atoms with Gasteiger partial charge in [0.05, 0.1) is 0 Å². The Balaban J connectivity index is 2.95. The smallest absolute Gasteiger partial charge is 0.188 e. The summed E-state index contributed by atoms with van der Waals surface area (Å²) in [5, 5.41) is 8.67. The highest BCUT2D eigenvalue weighted by Crippen LogP contribution is 2.22. The van der Waals surface area contributed by atoms with Crippen LogP contribution in [-0.4, -0.2) is 17.5 Å². The molecular weight excluding hydrogens is 176 g/mol. The molecule has 76 valence electrons. The first-order valence-corrected chi connectivity index (χ1v) is 4.70. The van der Waals surface area contributed by atoms with Gasteiger partial charge >= 0.3 is 0 Å². The molecule has 0 aromatic heterocycles. The number of benzene rings is 1. The Morgan fingerprint density at radius 3 is 2.07 bits per heavy atom. The van der Waals surface area contributed by atoms with E-state index >= 15 is 0 Å². The second kappa shape index (κ2) is 3.93. The second-order valence-corrected chi connectivity index (χ2v) is 4.41. The Morgan fingerprint density at radius 2 is 1.71 bits per heavy atom. The van der Waals surface area contributed by atoms with Crippen molar-refractivity contribution in [3.8, 4) is 0 Å². The number of hydrogen-bond donors (Lipinski definition) is 1. The first kappa shape index (κ1) is 10.9. The predicted molar refractivity (Wildman–Crippen MR) is 56.6 cm³/mol. The van der Waals surface area contributed by atoms with Crippen LogP contribution in [0.3, 0.4) is 0 Å². The van der Waals surface area contributed by atoms with E-state index in [1.807, 2.05) is 12.1 Å². The van der Waals surface area contributed by atoms with Gasteiger partial charge in [0.15, 0.2) is 5.78 Å². The molecule has 1 aromatic carbocycles. The van der Waals surface area contributed by atoms with Gasteiger partial charge in [0, 0.05) is 5.56 Å². The zero-order valence-electron chi connectivity index (χ0n) is 8.87. The molecular formula is C12H16O2. The van der Waals surface area contributed by atoms with Crippen molar-refractivity contribution in [2.45, 2.75) is 26.2 Å². The minimum atomic E-state index is -0.422. The highest BCUT2D eigenvalue weighted by atomic mass is 16.3. The topological polar surface area (TPSA) is 37.3 Å². The molecule has 1 N–H and O–H groups in total. The zero-order valence-corrected chi connectivity index (χ0v) is 8.87. The van der Waals surface area contributed by atoms with Crippen molar-refractivity contribution >= 4 is 5.78 Å². The third kappa shape index (κ3) is 2.42. The van der Waals surface area contributed by atoms with Crippen molar-refractivity contribution in [3.63, 3.8) is 0 Å². The molecule has 0 heterocycles. The van der Waals surface area contributed by atoms with E-state index in [0.717, 1.165) is 0 Å². The molecule has 0 spiro atoms. The van der Waals surface area contributed by atoms with Crippen LogP contribution in [0.5, 0.6) is 0 Å². The van der Waals surface area contributed by atoms with Gasteiger partial charge in [-0.25, -0.2) is 0 Å². The molecule has 0 aliphatic carbocycles. The van der Waals surface area contributed by atoms with E-state index in [0.29, 0.717) is 5.56 Å². The van der Waals surface area contributed by atoms with Gasteiger partial charge in [-0.15, -0.1) is 0 Å². The maximum Gasteiger partial charge on any atom is 0.188 e. The standard InChI is InChI=1S/C12H16O2/c1-12(2,3)10-6-4-9(5-7-10)11(14)8-13/h4-7,13H,8H2,1-3H3. The lowest BCUT2D eigenvalue weighted by atomic mass is 9.86. The van der Waals surface area contributed by atoms with Crippen molar-refractivity contribution in [3.05, 3.63) is 35.4 Å². The van der Waals surface area contributed by atoms with E-state index < -0.39 is 6.61 Å². The van der Waals surface area contributed by atoms with Crippen molar-refractivity contribution in [2.75, 3.05) is 6.61 Å². The van der Waals surface area contributed by atoms with E-state index in [4.69, 9.17) is 5.11 Å². The summed E-state index contributed by atoms with van der Waals surface area (Å²) in [7, 11) is 0. The number of aliphatic hydroxyl groups is 1. The summed E-state index contributed by atoms with van der Waals surface area (Å²) in [4.78, 5) is 11.1. The number of hydrogen-bond acceptors (Lipinski definition) is 2. The molecule has 0 saturated heterocycles. The van der Waals surface area contributed by atoms with E-state index in [1.165, 1.54) is 5.56 Å². The summed E-state index contributed by atoms with van der Waals surface area (Å²) in [6.07, 6.45) is 0. The number of carbonyl (C=O) groups excluding carboxylic acids is 1. The minimum Gasteiger partial charge on any atom is -0.388 e. The quantitative estimate of drug-likeness (QED) is 0.729. The number of ketones is 1. The van der Waals surface area contributed by atoms with Crippen molar-refractivity contribution < 1.29 is 9.90 Å². The summed E-state index contributed by atoms with van der Waals surface area (Å²) in [6, 6.07) is 7.39. The molecule has 0 atom stereocenters. The van der Waals surface area contributed by atoms with E-state index in [9.17, 15) is 4.79 Å². The predicted octanol–water partition coefficient (Wildman–Crippen LogP) is 2.16. The maximum absolute atomic E-state index is 11.1. The van der Waals surface area contributed by atoms with Crippen LogP contribution in [0.1, 0.15) is 36.7 Å². The molecule has 0 aliphatic rings. The fraction of sp³-hybridized carbons (Fsp3) is 0.417. The Morgan fingerprint density at radius 1 is 1.21 bits per heavy atom. The summed E-state index contributed by atoms with van der Waals surface area (Å²) in [5.74, 6) is -0.231. The van der Waals surface area contributed by atoms with Crippen LogP contribution in [0.4, 0.5) is 0 Å². The number of Topliss-reactive ketones (excluding diaryl/α,β-unsaturated/α-hetero) is 1. The normalized spacial score (nSPS) is 11.4. The van der Waals surface area contributed by atoms with Crippen LogP contribution < -0.4 is 0 Å². The number of aliphatic hydroxyl groups excluding tert-OH is 1. The first-order chi connectivity index (χ1) is 6.45. The number of rotatable bonds is 2. The third-order valence-electron chi connectivity index (χ3n) is 2.22. The van der Waals surface area contributed by atoms with Gasteiger partial charge in [-0.05, 0) is 11.0 Å². The molecule has 0 amide bonds. The molecule has 0 aliphatic heterocycles. The van der Waals surface area contributed by atoms with E-state index in [2.05, 4.69) is 20.8 Å². The minimum absolute atomic E-state index is 0.0980. The SMILES string of the molecule is CC(C)(C)c1ccc(C(=O)CO)cc1. The fourth-order valence-corrected chi connectivity index (χ4v) is 1.25. The Kier molecular flexibility index (Phi) is 3.06. The fourth-order valence-electron chi connectivity index (χ4n) is 1.25. The monoisotopic (exact) mass is 192 g/mol. The molecule has 14 heavy (non-hydrogen) atoms. The van der Waals surface area contributed by atoms with Gasteiger partial charge in [-0.2, -0.15) is 0 Å². The molecule has 1 aromatic rings. The lowest BCUT2D eigenvalue weighted by Gasteiger charge is -2.18. The van der Waals surface area contributed by atoms with Crippen LogP contribution in [0.15, 0.2) is 24.3 Å². The lowest BCUT2D eigenvalue weighted by Crippen LogP contribution is -2.11. The summed E-state index contributed by atoms with van der Waals surface area (Å²) < 4.78 is 0. The number of carbonyl (C=O) groups is 1. The summed E-state index contributed by atoms with van der Waals surface area (Å²) >= 11 is 0. The zero-order chi connectivity index (χ0) is 10.8. The van der Waals surface area contributed by atoms with Gasteiger partial charge in [0.1, 0.15) is 6.61 Å². The molecule has 0 saturated carbocycles. The molecule has 0 radical (unpaired) electrons. The molecule has 0 fully saturated rings. The Bertz CT molecular complexity index is 317. The maximum atomic E-state index is 11.1. The molecule has 0 unspecified atom stereocenters. The molecule has 2 nitrogen and oxygen atoms in total. The van der Waals surface area contributed by atoms with Crippen molar-refractivity contribution in [2.24, 2.45) is 0 Å². The summed E-state index contributed by atoms with van der Waals surface area (Å²) in [6.45, 7) is 5.94. The van der Waals surface area contributed by atoms with E-state index in [-0.39, 0.29) is 11.2 Å². The van der Waals surface area contributed by atoms with E-state index in [1.54, 1.807) is 12.1 Å². The highest BCUT2D eigenvalue weighted by molar-refractivity contribution is 5.96. The average molecular weight is 192 g/mol. The third-order valence-corrected chi connectivity index (χ3v) is 2.22. The Hall–Kier alpha value is -1.15. The molecule has 2 heteroatoms. The summed E-state index contributed by atoms with van der Waals surface area (Å²) in [5.41, 5.74) is 1.85. The van der Waals surface area contributed by atoms with Gasteiger partial charge in [-0.3, -0.25) is 4.79 Å². The largest absolute Gasteiger partial charge is 0.388 e. The highest BCUT2D eigenvalue weighted by Gasteiger charge is 2.13. The van der Waals surface area contributed by atoms with Crippen LogP contribution in [0, 0.1) is 0 Å². The van der Waals surface area contributed by atoms with Gasteiger partial charge in [0.25, 0.3) is 0 Å². The van der Waals surface area contributed by atoms with Crippen LogP contribution in [0.25, 0.3) is 0 Å². The average Bonchev–Trinajstić information content (AvgIpc) is 2.15. The van der Waals surface area contributed by atoms with Crippen LogP contribution in [0.2, 0.25) is 0 Å². The van der Waals surface area contributed by atoms with Crippen LogP contribution >= 0.6 is 0 Å². The van der Waals surface area contributed by atoms with Crippen molar-refractivity contribution in [1.29, 1.82) is 0 Å². The second-order valence-electron chi connectivity index (χ2n) is 4.41.